The van der Waals surface area contributed by atoms with E-state index in [1.807, 2.05) is 18.2 Å². The number of anilines is 1. The Morgan fingerprint density at radius 2 is 2.15 bits per heavy atom. The zero-order chi connectivity index (χ0) is 18.3. The zero-order valence-electron chi connectivity index (χ0n) is 14.3. The molecule has 0 spiro atoms. The van der Waals surface area contributed by atoms with Crippen LogP contribution in [0.3, 0.4) is 0 Å². The van der Waals surface area contributed by atoms with E-state index >= 15 is 0 Å². The predicted octanol–water partition coefficient (Wildman–Crippen LogP) is 2.18. The largest absolute Gasteiger partial charge is 0.326 e. The highest BCUT2D eigenvalue weighted by Crippen LogP contribution is 2.36. The number of fused-ring (bicyclic) bond motifs is 1. The Bertz CT molecular complexity index is 718. The molecule has 0 aromatic heterocycles. The zero-order valence-corrected chi connectivity index (χ0v) is 15.8. The maximum absolute atomic E-state index is 14.4. The SMILES string of the molecule is O=C(Nc1cccc(Br)c1)C1CC(=O)N(C2NNC3CCCC(F)C32)C1. The van der Waals surface area contributed by atoms with Gasteiger partial charge in [-0.25, -0.2) is 9.82 Å². The van der Waals surface area contributed by atoms with Gasteiger partial charge in [0.15, 0.2) is 0 Å². The second kappa shape index (κ2) is 7.25. The molecule has 4 rings (SSSR count). The summed E-state index contributed by atoms with van der Waals surface area (Å²) in [4.78, 5) is 26.7. The number of carbonyl (C=O) groups excluding carboxylic acids is 2. The third-order valence-corrected chi connectivity index (χ3v) is 6.11. The van der Waals surface area contributed by atoms with Crippen LogP contribution in [0, 0.1) is 11.8 Å². The molecule has 1 aromatic rings. The molecule has 0 bridgehead atoms. The van der Waals surface area contributed by atoms with Crippen LogP contribution in [0.25, 0.3) is 0 Å². The number of hydrazine groups is 1. The molecule has 8 heteroatoms. The standard InChI is InChI=1S/C18H22BrFN4O2/c19-11-3-1-4-12(8-11)21-18(26)10-7-15(25)24(9-10)17-16-13(20)5-2-6-14(16)22-23-17/h1,3-4,8,10,13-14,16-17,22-23H,2,5-7,9H2,(H,21,26). The molecule has 3 N–H and O–H groups in total. The fourth-order valence-corrected chi connectivity index (χ4v) is 4.72. The summed E-state index contributed by atoms with van der Waals surface area (Å²) in [5.41, 5.74) is 6.92. The number of carbonyl (C=O) groups is 2. The van der Waals surface area contributed by atoms with Gasteiger partial charge in [-0.3, -0.25) is 15.0 Å². The van der Waals surface area contributed by atoms with Gasteiger partial charge in [-0.1, -0.05) is 22.0 Å². The highest BCUT2D eigenvalue weighted by atomic mass is 79.9. The van der Waals surface area contributed by atoms with E-state index in [4.69, 9.17) is 0 Å². The van der Waals surface area contributed by atoms with Gasteiger partial charge < -0.3 is 10.2 Å². The van der Waals surface area contributed by atoms with Gasteiger partial charge in [0.05, 0.1) is 5.92 Å². The Morgan fingerprint density at radius 1 is 1.31 bits per heavy atom. The van der Waals surface area contributed by atoms with Crippen LogP contribution < -0.4 is 16.2 Å². The topological polar surface area (TPSA) is 73.5 Å². The number of alkyl halides is 1. The second-order valence-electron chi connectivity index (χ2n) is 7.31. The quantitative estimate of drug-likeness (QED) is 0.694. The summed E-state index contributed by atoms with van der Waals surface area (Å²) in [6, 6.07) is 7.38. The van der Waals surface area contributed by atoms with E-state index in [9.17, 15) is 14.0 Å². The summed E-state index contributed by atoms with van der Waals surface area (Å²) >= 11 is 3.37. The van der Waals surface area contributed by atoms with Gasteiger partial charge in [-0.15, -0.1) is 0 Å². The summed E-state index contributed by atoms with van der Waals surface area (Å²) in [6.07, 6.45) is 1.15. The third-order valence-electron chi connectivity index (χ3n) is 5.62. The van der Waals surface area contributed by atoms with Crippen molar-refractivity contribution in [2.24, 2.45) is 11.8 Å². The Kier molecular flexibility index (Phi) is 4.98. The molecule has 2 heterocycles. The summed E-state index contributed by atoms with van der Waals surface area (Å²) < 4.78 is 15.3. The molecule has 3 fully saturated rings. The lowest BCUT2D eigenvalue weighted by Crippen LogP contribution is -2.50. The van der Waals surface area contributed by atoms with E-state index in [0.717, 1.165) is 17.3 Å². The molecule has 2 saturated heterocycles. The van der Waals surface area contributed by atoms with Gasteiger partial charge in [0, 0.05) is 35.1 Å². The van der Waals surface area contributed by atoms with Gasteiger partial charge in [0.2, 0.25) is 11.8 Å². The number of hydrogen-bond acceptors (Lipinski definition) is 4. The molecular formula is C18H22BrFN4O2. The Morgan fingerprint density at radius 3 is 2.96 bits per heavy atom. The average molecular weight is 425 g/mol. The second-order valence-corrected chi connectivity index (χ2v) is 8.23. The fourth-order valence-electron chi connectivity index (χ4n) is 4.32. The van der Waals surface area contributed by atoms with Crippen LogP contribution in [-0.4, -0.2) is 41.6 Å². The van der Waals surface area contributed by atoms with Crippen molar-refractivity contribution in [1.82, 2.24) is 15.8 Å². The van der Waals surface area contributed by atoms with E-state index in [-0.39, 0.29) is 36.4 Å². The van der Waals surface area contributed by atoms with Crippen molar-refractivity contribution in [2.45, 2.75) is 44.1 Å². The lowest BCUT2D eigenvalue weighted by Gasteiger charge is -2.34. The van der Waals surface area contributed by atoms with Crippen LogP contribution in [0.4, 0.5) is 10.1 Å². The normalized spacial score (nSPS) is 34.0. The van der Waals surface area contributed by atoms with Crippen molar-refractivity contribution in [2.75, 3.05) is 11.9 Å². The van der Waals surface area contributed by atoms with Crippen LogP contribution in [0.1, 0.15) is 25.7 Å². The van der Waals surface area contributed by atoms with Crippen LogP contribution >= 0.6 is 15.9 Å². The summed E-state index contributed by atoms with van der Waals surface area (Å²) in [6.45, 7) is 0.313. The summed E-state index contributed by atoms with van der Waals surface area (Å²) in [5.74, 6) is -0.956. The smallest absolute Gasteiger partial charge is 0.229 e. The summed E-state index contributed by atoms with van der Waals surface area (Å²) in [5, 5.41) is 2.86. The van der Waals surface area contributed by atoms with E-state index in [0.29, 0.717) is 18.7 Å². The monoisotopic (exact) mass is 424 g/mol. The molecule has 0 radical (unpaired) electrons. The van der Waals surface area contributed by atoms with Crippen molar-refractivity contribution < 1.29 is 14.0 Å². The molecule has 5 unspecified atom stereocenters. The molecule has 26 heavy (non-hydrogen) atoms. The Hall–Kier alpha value is -1.51. The first kappa shape index (κ1) is 17.9. The van der Waals surface area contributed by atoms with Crippen molar-refractivity contribution in [3.8, 4) is 0 Å². The van der Waals surface area contributed by atoms with E-state index in [2.05, 4.69) is 32.1 Å². The molecule has 2 aliphatic heterocycles. The van der Waals surface area contributed by atoms with E-state index in [1.165, 1.54) is 0 Å². The number of hydrogen-bond donors (Lipinski definition) is 3. The number of rotatable bonds is 3. The third kappa shape index (κ3) is 3.37. The molecule has 2 amide bonds. The van der Waals surface area contributed by atoms with Gasteiger partial charge >= 0.3 is 0 Å². The number of nitrogens with one attached hydrogen (secondary N) is 3. The van der Waals surface area contributed by atoms with Crippen molar-refractivity contribution in [3.63, 3.8) is 0 Å². The lowest BCUT2D eigenvalue weighted by atomic mass is 9.82. The fraction of sp³-hybridized carbons (Fsp3) is 0.556. The van der Waals surface area contributed by atoms with Crippen LogP contribution in [0.5, 0.6) is 0 Å². The van der Waals surface area contributed by atoms with Crippen molar-refractivity contribution in [3.05, 3.63) is 28.7 Å². The number of nitrogens with zero attached hydrogens (tertiary/aromatic N) is 1. The minimum absolute atomic E-state index is 0.0473. The number of benzene rings is 1. The van der Waals surface area contributed by atoms with Gasteiger partial charge in [0.25, 0.3) is 0 Å². The highest BCUT2D eigenvalue weighted by Gasteiger charge is 2.49. The summed E-state index contributed by atoms with van der Waals surface area (Å²) in [7, 11) is 0. The lowest BCUT2D eigenvalue weighted by molar-refractivity contribution is -0.131. The maximum Gasteiger partial charge on any atom is 0.229 e. The molecular weight excluding hydrogens is 403 g/mol. The number of likely N-dealkylation sites (tertiary alicyclic amines) is 1. The molecule has 1 aliphatic carbocycles. The molecule has 3 aliphatic rings. The Balaban J connectivity index is 1.43. The van der Waals surface area contributed by atoms with Gasteiger partial charge in [-0.05, 0) is 37.5 Å². The van der Waals surface area contributed by atoms with Crippen molar-refractivity contribution in [1.29, 1.82) is 0 Å². The molecule has 1 saturated carbocycles. The van der Waals surface area contributed by atoms with Crippen LogP contribution in [-0.2, 0) is 9.59 Å². The van der Waals surface area contributed by atoms with Crippen LogP contribution in [0.2, 0.25) is 0 Å². The highest BCUT2D eigenvalue weighted by molar-refractivity contribution is 9.10. The van der Waals surface area contributed by atoms with Crippen molar-refractivity contribution >= 4 is 33.4 Å². The number of amides is 2. The first-order valence-corrected chi connectivity index (χ1v) is 9.83. The van der Waals surface area contributed by atoms with Crippen LogP contribution in [0.15, 0.2) is 28.7 Å². The minimum atomic E-state index is -0.927. The number of halogens is 2. The van der Waals surface area contributed by atoms with E-state index in [1.54, 1.807) is 11.0 Å². The first-order chi connectivity index (χ1) is 12.5. The molecule has 6 nitrogen and oxygen atoms in total. The van der Waals surface area contributed by atoms with E-state index < -0.39 is 12.1 Å². The average Bonchev–Trinajstić information content (AvgIpc) is 3.19. The predicted molar refractivity (Wildman–Crippen MR) is 98.7 cm³/mol. The molecule has 140 valence electrons. The first-order valence-electron chi connectivity index (χ1n) is 9.04. The molecule has 5 atom stereocenters. The van der Waals surface area contributed by atoms with Gasteiger partial charge in [0.1, 0.15) is 12.3 Å². The van der Waals surface area contributed by atoms with Gasteiger partial charge in [-0.2, -0.15) is 0 Å². The molecule has 1 aromatic carbocycles. The maximum atomic E-state index is 14.4. The minimum Gasteiger partial charge on any atom is -0.326 e. The Labute approximate surface area is 160 Å².